The summed E-state index contributed by atoms with van der Waals surface area (Å²) in [4.78, 5) is 15.9. The zero-order chi connectivity index (χ0) is 9.97. The van der Waals surface area contributed by atoms with Gasteiger partial charge >= 0.3 is 5.97 Å². The molecule has 2 heterocycles. The van der Waals surface area contributed by atoms with Crippen LogP contribution in [0.25, 0.3) is 10.6 Å². The van der Waals surface area contributed by atoms with E-state index in [4.69, 9.17) is 0 Å². The van der Waals surface area contributed by atoms with E-state index in [1.807, 2.05) is 0 Å². The molecule has 0 aliphatic carbocycles. The molecular formula is C7H6N4O2S. The number of H-pyrrole nitrogens is 1. The lowest BCUT2D eigenvalue weighted by Crippen LogP contribution is -2.03. The summed E-state index contributed by atoms with van der Waals surface area (Å²) in [6.07, 6.45) is 1.62. The van der Waals surface area contributed by atoms with E-state index in [1.165, 1.54) is 18.4 Å². The Morgan fingerprint density at radius 3 is 3.07 bits per heavy atom. The van der Waals surface area contributed by atoms with Crippen LogP contribution >= 0.6 is 11.3 Å². The normalized spacial score (nSPS) is 10.1. The minimum Gasteiger partial charge on any atom is -0.464 e. The van der Waals surface area contributed by atoms with Crippen LogP contribution in [0, 0.1) is 0 Å². The van der Waals surface area contributed by atoms with Gasteiger partial charge in [0.2, 0.25) is 0 Å². The van der Waals surface area contributed by atoms with Crippen molar-refractivity contribution in [3.05, 3.63) is 17.4 Å². The summed E-state index contributed by atoms with van der Waals surface area (Å²) in [5.74, 6) is -0.512. The Labute approximate surface area is 82.9 Å². The zero-order valence-corrected chi connectivity index (χ0v) is 8.04. The Bertz CT molecular complexity index is 436. The van der Waals surface area contributed by atoms with Gasteiger partial charge in [0.05, 0.1) is 17.5 Å². The molecule has 7 heteroatoms. The highest BCUT2D eigenvalue weighted by Gasteiger charge is 2.18. The second kappa shape index (κ2) is 3.54. The maximum absolute atomic E-state index is 11.2. The highest BCUT2D eigenvalue weighted by molar-refractivity contribution is 7.13. The molecule has 2 aromatic rings. The lowest BCUT2D eigenvalue weighted by Gasteiger charge is -1.94. The predicted octanol–water partition coefficient (Wildman–Crippen LogP) is 0.715. The molecular weight excluding hydrogens is 204 g/mol. The first-order valence-corrected chi connectivity index (χ1v) is 4.59. The smallest absolute Gasteiger partial charge is 0.360 e. The zero-order valence-electron chi connectivity index (χ0n) is 7.22. The summed E-state index contributed by atoms with van der Waals surface area (Å²) in [6.45, 7) is 0. The summed E-state index contributed by atoms with van der Waals surface area (Å²) in [5.41, 5.74) is 2.31. The number of ether oxygens (including phenoxy) is 1. The number of hydrogen-bond acceptors (Lipinski definition) is 6. The third kappa shape index (κ3) is 1.37. The maximum Gasteiger partial charge on any atom is 0.360 e. The first-order valence-electron chi connectivity index (χ1n) is 3.71. The van der Waals surface area contributed by atoms with Crippen LogP contribution in [-0.4, -0.2) is 33.5 Å². The van der Waals surface area contributed by atoms with Gasteiger partial charge in [-0.1, -0.05) is 0 Å². The summed E-state index contributed by atoms with van der Waals surface area (Å²) in [7, 11) is 1.30. The van der Waals surface area contributed by atoms with Crippen LogP contribution in [0.4, 0.5) is 0 Å². The Balaban J connectivity index is 2.45. The monoisotopic (exact) mass is 210 g/mol. The van der Waals surface area contributed by atoms with Gasteiger partial charge in [-0.05, 0) is 0 Å². The van der Waals surface area contributed by atoms with Gasteiger partial charge in [-0.25, -0.2) is 4.79 Å². The lowest BCUT2D eigenvalue weighted by atomic mass is 10.3. The first kappa shape index (κ1) is 8.82. The Kier molecular flexibility index (Phi) is 2.23. The number of esters is 1. The third-order valence-corrected chi connectivity index (χ3v) is 2.37. The van der Waals surface area contributed by atoms with Crippen LogP contribution in [0.2, 0.25) is 0 Å². The summed E-state index contributed by atoms with van der Waals surface area (Å²) in [6, 6.07) is 0. The molecule has 14 heavy (non-hydrogen) atoms. The van der Waals surface area contributed by atoms with Crippen molar-refractivity contribution in [1.82, 2.24) is 20.4 Å². The Morgan fingerprint density at radius 2 is 2.43 bits per heavy atom. The quantitative estimate of drug-likeness (QED) is 0.738. The number of aromatic amines is 1. The van der Waals surface area contributed by atoms with E-state index in [0.29, 0.717) is 5.69 Å². The van der Waals surface area contributed by atoms with Crippen LogP contribution in [0.3, 0.4) is 0 Å². The predicted molar refractivity (Wildman–Crippen MR) is 48.8 cm³/mol. The minimum atomic E-state index is -0.512. The van der Waals surface area contributed by atoms with Crippen molar-refractivity contribution in [1.29, 1.82) is 0 Å². The number of methoxy groups -OCH3 is 1. The number of aromatic nitrogens is 4. The van der Waals surface area contributed by atoms with Crippen molar-refractivity contribution in [2.45, 2.75) is 0 Å². The molecule has 0 atom stereocenters. The number of nitrogens with one attached hydrogen (secondary N) is 1. The summed E-state index contributed by atoms with van der Waals surface area (Å²) < 4.78 is 4.56. The maximum atomic E-state index is 11.2. The van der Waals surface area contributed by atoms with E-state index in [1.54, 1.807) is 11.7 Å². The van der Waals surface area contributed by atoms with Gasteiger partial charge in [-0.3, -0.25) is 4.98 Å². The van der Waals surface area contributed by atoms with Crippen molar-refractivity contribution >= 4 is 17.3 Å². The fourth-order valence-electron chi connectivity index (χ4n) is 0.974. The first-order chi connectivity index (χ1) is 6.83. The van der Waals surface area contributed by atoms with E-state index < -0.39 is 5.97 Å². The topological polar surface area (TPSA) is 80.8 Å². The third-order valence-electron chi connectivity index (χ3n) is 1.59. The molecule has 6 nitrogen and oxygen atoms in total. The summed E-state index contributed by atoms with van der Waals surface area (Å²) >= 11 is 1.38. The van der Waals surface area contributed by atoms with Crippen LogP contribution in [-0.2, 0) is 4.74 Å². The second-order valence-electron chi connectivity index (χ2n) is 2.38. The second-order valence-corrected chi connectivity index (χ2v) is 3.26. The number of nitrogens with zero attached hydrogens (tertiary/aromatic N) is 3. The SMILES string of the molecule is COC(=O)c1n[nH]nc1-c1cncs1. The van der Waals surface area contributed by atoms with E-state index in [9.17, 15) is 4.79 Å². The number of rotatable bonds is 2. The standard InChI is InChI=1S/C7H6N4O2S/c1-13-7(12)6-5(9-11-10-6)4-2-8-3-14-4/h2-3H,1H3,(H,9,10,11). The van der Waals surface area contributed by atoms with E-state index >= 15 is 0 Å². The van der Waals surface area contributed by atoms with Crippen molar-refractivity contribution in [2.24, 2.45) is 0 Å². The van der Waals surface area contributed by atoms with Crippen LogP contribution in [0.5, 0.6) is 0 Å². The Morgan fingerprint density at radius 1 is 1.57 bits per heavy atom. The molecule has 0 amide bonds. The van der Waals surface area contributed by atoms with Gasteiger partial charge < -0.3 is 4.74 Å². The molecule has 0 unspecified atom stereocenters. The summed E-state index contributed by atoms with van der Waals surface area (Å²) in [5, 5.41) is 9.95. The van der Waals surface area contributed by atoms with E-state index in [2.05, 4.69) is 25.1 Å². The van der Waals surface area contributed by atoms with Crippen molar-refractivity contribution in [3.63, 3.8) is 0 Å². The average molecular weight is 210 g/mol. The number of carbonyl (C=O) groups excluding carboxylic acids is 1. The van der Waals surface area contributed by atoms with Crippen LogP contribution in [0.15, 0.2) is 11.7 Å². The molecule has 0 aromatic carbocycles. The largest absolute Gasteiger partial charge is 0.464 e. The fourth-order valence-corrected chi connectivity index (χ4v) is 1.59. The average Bonchev–Trinajstić information content (AvgIpc) is 2.85. The van der Waals surface area contributed by atoms with Gasteiger partial charge in [0.25, 0.3) is 0 Å². The number of thiazole rings is 1. The van der Waals surface area contributed by atoms with Crippen molar-refractivity contribution < 1.29 is 9.53 Å². The lowest BCUT2D eigenvalue weighted by molar-refractivity contribution is 0.0595. The van der Waals surface area contributed by atoms with Gasteiger partial charge in [0.15, 0.2) is 5.69 Å². The van der Waals surface area contributed by atoms with Crippen LogP contribution in [0.1, 0.15) is 10.5 Å². The highest BCUT2D eigenvalue weighted by atomic mass is 32.1. The van der Waals surface area contributed by atoms with Crippen molar-refractivity contribution in [3.8, 4) is 10.6 Å². The Hall–Kier alpha value is -1.76. The molecule has 0 saturated heterocycles. The van der Waals surface area contributed by atoms with Gasteiger partial charge in [0, 0.05) is 6.20 Å². The highest BCUT2D eigenvalue weighted by Crippen LogP contribution is 2.23. The molecule has 0 radical (unpaired) electrons. The number of carbonyl (C=O) groups is 1. The number of hydrogen-bond donors (Lipinski definition) is 1. The van der Waals surface area contributed by atoms with Gasteiger partial charge in [0.1, 0.15) is 5.69 Å². The molecule has 72 valence electrons. The van der Waals surface area contributed by atoms with Crippen molar-refractivity contribution in [2.75, 3.05) is 7.11 Å². The van der Waals surface area contributed by atoms with Gasteiger partial charge in [-0.2, -0.15) is 10.3 Å². The van der Waals surface area contributed by atoms with E-state index in [0.717, 1.165) is 4.88 Å². The molecule has 0 spiro atoms. The minimum absolute atomic E-state index is 0.178. The molecule has 0 fully saturated rings. The molecule has 2 aromatic heterocycles. The van der Waals surface area contributed by atoms with Crippen LogP contribution < -0.4 is 0 Å². The molecule has 0 aliphatic rings. The molecule has 0 saturated carbocycles. The van der Waals surface area contributed by atoms with E-state index in [-0.39, 0.29) is 5.69 Å². The molecule has 1 N–H and O–H groups in total. The fraction of sp³-hybridized carbons (Fsp3) is 0.143. The molecule has 2 rings (SSSR count). The molecule has 0 aliphatic heterocycles. The van der Waals surface area contributed by atoms with Gasteiger partial charge in [-0.15, -0.1) is 16.4 Å². The molecule has 0 bridgehead atoms.